The van der Waals surface area contributed by atoms with Crippen LogP contribution >= 0.6 is 23.2 Å². The van der Waals surface area contributed by atoms with E-state index in [0.717, 1.165) is 62.3 Å². The van der Waals surface area contributed by atoms with Gasteiger partial charge in [-0.3, -0.25) is 0 Å². The topological polar surface area (TPSA) is 35.5 Å². The summed E-state index contributed by atoms with van der Waals surface area (Å²) in [6, 6.07) is 25.8. The van der Waals surface area contributed by atoms with Gasteiger partial charge in [0.05, 0.1) is 10.7 Å². The molecule has 0 unspecified atom stereocenters. The van der Waals surface area contributed by atoms with Crippen LogP contribution in [0.3, 0.4) is 0 Å². The smallest absolute Gasteiger partial charge is 0.117 e. The number of benzene rings is 3. The van der Waals surface area contributed by atoms with Gasteiger partial charge in [-0.05, 0) is 74.1 Å². The molecule has 1 aliphatic heterocycles. The maximum absolute atomic E-state index is 12.0. The van der Waals surface area contributed by atoms with Gasteiger partial charge in [-0.1, -0.05) is 83.9 Å². The first-order valence-corrected chi connectivity index (χ1v) is 12.1. The van der Waals surface area contributed by atoms with Crippen LogP contribution in [0.5, 0.6) is 0 Å². The summed E-state index contributed by atoms with van der Waals surface area (Å²) in [6.45, 7) is 3.88. The monoisotopic (exact) mass is 468 g/mol. The van der Waals surface area contributed by atoms with E-state index in [-0.39, 0.29) is 5.92 Å². The minimum absolute atomic E-state index is 0.189. The second kappa shape index (κ2) is 10.7. The average Bonchev–Trinajstić information content (AvgIpc) is 2.84. The summed E-state index contributed by atoms with van der Waals surface area (Å²) in [5, 5.41) is 16.7. The molecule has 2 N–H and O–H groups in total. The van der Waals surface area contributed by atoms with Crippen molar-refractivity contribution in [2.75, 3.05) is 31.5 Å². The first-order chi connectivity index (χ1) is 15.6. The predicted molar refractivity (Wildman–Crippen MR) is 135 cm³/mol. The molecule has 3 nitrogen and oxygen atoms in total. The predicted octanol–water partition coefficient (Wildman–Crippen LogP) is 6.44. The lowest BCUT2D eigenvalue weighted by atomic mass is 9.72. The second-order valence-electron chi connectivity index (χ2n) is 8.52. The fraction of sp³-hybridized carbons (Fsp3) is 0.333. The third-order valence-corrected chi connectivity index (χ3v) is 7.05. The molecule has 3 aromatic rings. The average molecular weight is 469 g/mol. The lowest BCUT2D eigenvalue weighted by Gasteiger charge is -2.42. The summed E-state index contributed by atoms with van der Waals surface area (Å²) in [4.78, 5) is 2.50. The Bertz CT molecular complexity index is 950. The van der Waals surface area contributed by atoms with Crippen molar-refractivity contribution >= 4 is 28.9 Å². The highest BCUT2D eigenvalue weighted by Gasteiger charge is 2.41. The Morgan fingerprint density at radius 1 is 0.875 bits per heavy atom. The first kappa shape index (κ1) is 23.1. The van der Waals surface area contributed by atoms with E-state index in [2.05, 4.69) is 10.2 Å². The van der Waals surface area contributed by atoms with E-state index in [1.807, 2.05) is 72.8 Å². The summed E-state index contributed by atoms with van der Waals surface area (Å²) >= 11 is 12.2. The molecular weight excluding hydrogens is 439 g/mol. The standard InChI is InChI=1S/C27H30Cl2N2O/c28-24-12-13-26(25(29)20-24)30-16-7-17-31-18-14-23(15-19-31)27(32,21-8-3-1-4-9-21)22-10-5-2-6-11-22/h1-6,8-13,20,23,30,32H,7,14-19H2. The number of anilines is 1. The molecule has 0 spiro atoms. The highest BCUT2D eigenvalue weighted by atomic mass is 35.5. The fourth-order valence-electron chi connectivity index (χ4n) is 4.76. The van der Waals surface area contributed by atoms with Gasteiger partial charge in [-0.2, -0.15) is 0 Å². The number of likely N-dealkylation sites (tertiary alicyclic amines) is 1. The zero-order valence-electron chi connectivity index (χ0n) is 18.2. The Morgan fingerprint density at radius 2 is 1.47 bits per heavy atom. The largest absolute Gasteiger partial charge is 0.384 e. The molecule has 5 heteroatoms. The quantitative estimate of drug-likeness (QED) is 0.373. The highest BCUT2D eigenvalue weighted by Crippen LogP contribution is 2.41. The molecule has 0 radical (unpaired) electrons. The van der Waals surface area contributed by atoms with Crippen molar-refractivity contribution in [2.45, 2.75) is 24.9 Å². The van der Waals surface area contributed by atoms with Gasteiger partial charge in [0, 0.05) is 11.6 Å². The van der Waals surface area contributed by atoms with Crippen LogP contribution in [-0.2, 0) is 5.60 Å². The molecule has 0 saturated carbocycles. The lowest BCUT2D eigenvalue weighted by molar-refractivity contribution is -0.0141. The van der Waals surface area contributed by atoms with Crippen molar-refractivity contribution in [3.63, 3.8) is 0 Å². The molecular formula is C27H30Cl2N2O. The Kier molecular flexibility index (Phi) is 7.75. The van der Waals surface area contributed by atoms with Crippen molar-refractivity contribution in [1.29, 1.82) is 0 Å². The van der Waals surface area contributed by atoms with Crippen molar-refractivity contribution in [1.82, 2.24) is 4.90 Å². The van der Waals surface area contributed by atoms with Gasteiger partial charge in [0.25, 0.3) is 0 Å². The number of rotatable bonds is 8. The molecule has 32 heavy (non-hydrogen) atoms. The van der Waals surface area contributed by atoms with Crippen molar-refractivity contribution < 1.29 is 5.11 Å². The number of halogens is 2. The van der Waals surface area contributed by atoms with Crippen LogP contribution in [0, 0.1) is 5.92 Å². The molecule has 0 atom stereocenters. The van der Waals surface area contributed by atoms with E-state index < -0.39 is 5.60 Å². The van der Waals surface area contributed by atoms with Crippen LogP contribution in [-0.4, -0.2) is 36.2 Å². The van der Waals surface area contributed by atoms with Gasteiger partial charge < -0.3 is 15.3 Å². The number of piperidine rings is 1. The van der Waals surface area contributed by atoms with E-state index >= 15 is 0 Å². The first-order valence-electron chi connectivity index (χ1n) is 11.3. The summed E-state index contributed by atoms with van der Waals surface area (Å²) < 4.78 is 0. The Labute approximate surface area is 201 Å². The lowest BCUT2D eigenvalue weighted by Crippen LogP contribution is -2.44. The molecule has 0 aromatic heterocycles. The number of hydrogen-bond acceptors (Lipinski definition) is 3. The van der Waals surface area contributed by atoms with Gasteiger partial charge in [-0.15, -0.1) is 0 Å². The molecule has 4 rings (SSSR count). The van der Waals surface area contributed by atoms with Gasteiger partial charge in [0.1, 0.15) is 5.60 Å². The van der Waals surface area contributed by atoms with E-state index in [1.165, 1.54) is 0 Å². The van der Waals surface area contributed by atoms with Crippen LogP contribution in [0.25, 0.3) is 0 Å². The molecule has 1 aliphatic rings. The number of nitrogens with one attached hydrogen (secondary N) is 1. The Balaban J connectivity index is 1.33. The second-order valence-corrected chi connectivity index (χ2v) is 9.36. The third kappa shape index (κ3) is 5.29. The Morgan fingerprint density at radius 3 is 2.03 bits per heavy atom. The molecule has 0 aliphatic carbocycles. The van der Waals surface area contributed by atoms with E-state index in [4.69, 9.17) is 23.2 Å². The molecule has 168 valence electrons. The van der Waals surface area contributed by atoms with Gasteiger partial charge in [0.2, 0.25) is 0 Å². The highest BCUT2D eigenvalue weighted by molar-refractivity contribution is 6.36. The maximum atomic E-state index is 12.0. The van der Waals surface area contributed by atoms with Crippen LogP contribution in [0.4, 0.5) is 5.69 Å². The molecule has 0 bridgehead atoms. The summed E-state index contributed by atoms with van der Waals surface area (Å²) in [7, 11) is 0. The molecule has 1 saturated heterocycles. The number of aliphatic hydroxyl groups is 1. The summed E-state index contributed by atoms with van der Waals surface area (Å²) in [5.74, 6) is 0.189. The molecule has 1 fully saturated rings. The zero-order chi connectivity index (χ0) is 22.4. The van der Waals surface area contributed by atoms with Gasteiger partial charge in [-0.25, -0.2) is 0 Å². The van der Waals surface area contributed by atoms with Crippen molar-refractivity contribution in [3.05, 3.63) is 100 Å². The molecule has 1 heterocycles. The Hall–Kier alpha value is -2.04. The van der Waals surface area contributed by atoms with E-state index in [0.29, 0.717) is 10.0 Å². The van der Waals surface area contributed by atoms with Gasteiger partial charge in [0.15, 0.2) is 0 Å². The third-order valence-electron chi connectivity index (χ3n) is 6.50. The van der Waals surface area contributed by atoms with Gasteiger partial charge >= 0.3 is 0 Å². The van der Waals surface area contributed by atoms with Crippen LogP contribution in [0.2, 0.25) is 10.0 Å². The minimum atomic E-state index is -0.957. The van der Waals surface area contributed by atoms with Crippen LogP contribution in [0.15, 0.2) is 78.9 Å². The van der Waals surface area contributed by atoms with Crippen LogP contribution < -0.4 is 5.32 Å². The van der Waals surface area contributed by atoms with Crippen LogP contribution in [0.1, 0.15) is 30.4 Å². The van der Waals surface area contributed by atoms with Crippen molar-refractivity contribution in [3.8, 4) is 0 Å². The van der Waals surface area contributed by atoms with Crippen molar-refractivity contribution in [2.24, 2.45) is 5.92 Å². The molecule has 3 aromatic carbocycles. The van der Waals surface area contributed by atoms with E-state index in [1.54, 1.807) is 6.07 Å². The zero-order valence-corrected chi connectivity index (χ0v) is 19.7. The van der Waals surface area contributed by atoms with E-state index in [9.17, 15) is 5.11 Å². The number of nitrogens with zero attached hydrogens (tertiary/aromatic N) is 1. The maximum Gasteiger partial charge on any atom is 0.117 e. The summed E-state index contributed by atoms with van der Waals surface area (Å²) in [6.07, 6.45) is 2.97. The molecule has 0 amide bonds. The summed E-state index contributed by atoms with van der Waals surface area (Å²) in [5.41, 5.74) is 1.93. The number of hydrogen-bond donors (Lipinski definition) is 2. The SMILES string of the molecule is OC(c1ccccc1)(c1ccccc1)C1CCN(CCCNc2ccc(Cl)cc2Cl)CC1. The minimum Gasteiger partial charge on any atom is -0.384 e. The fourth-order valence-corrected chi connectivity index (χ4v) is 5.23. The normalized spacial score (nSPS) is 15.6.